The summed E-state index contributed by atoms with van der Waals surface area (Å²) in [4.78, 5) is 0. The molecule has 0 heterocycles. The van der Waals surface area contributed by atoms with Gasteiger partial charge in [-0.3, -0.25) is 0 Å². The molecule has 0 aromatic carbocycles. The number of nitrogens with zero attached hydrogens (tertiary/aromatic N) is 1. The van der Waals surface area contributed by atoms with E-state index in [1.807, 2.05) is 18.6 Å². The lowest BCUT2D eigenvalue weighted by Gasteiger charge is -1.99. The summed E-state index contributed by atoms with van der Waals surface area (Å²) in [5.41, 5.74) is 0. The Balaban J connectivity index is 3.08. The summed E-state index contributed by atoms with van der Waals surface area (Å²) >= 11 is 0. The van der Waals surface area contributed by atoms with Crippen LogP contribution >= 0.6 is 0 Å². The molecule has 3 nitrogen and oxygen atoms in total. The lowest BCUT2D eigenvalue weighted by atomic mass is 10.8. The molecule has 0 fully saturated rings. The summed E-state index contributed by atoms with van der Waals surface area (Å²) < 4.78 is 0. The number of hydrazine groups is 1. The smallest absolute Gasteiger partial charge is 0.110 e. The number of nitrogens with two attached hydrogens (primary N) is 2. The molecule has 0 bridgehead atoms. The van der Waals surface area contributed by atoms with Gasteiger partial charge >= 0.3 is 0 Å². The van der Waals surface area contributed by atoms with Gasteiger partial charge in [-0.05, 0) is 0 Å². The maximum Gasteiger partial charge on any atom is 0.110 e. The fourth-order valence-corrected chi connectivity index (χ4v) is 0.222. The van der Waals surface area contributed by atoms with Crippen LogP contribution in [0.15, 0.2) is 12.4 Å². The lowest BCUT2D eigenvalue weighted by molar-refractivity contribution is -0.557. The van der Waals surface area contributed by atoms with Crippen molar-refractivity contribution in [2.24, 2.45) is 5.84 Å². The van der Waals surface area contributed by atoms with E-state index < -0.39 is 0 Å². The van der Waals surface area contributed by atoms with Crippen molar-refractivity contribution in [3.63, 3.8) is 0 Å². The fraction of sp³-hybridized carbons (Fsp3) is 0.500. The van der Waals surface area contributed by atoms with E-state index in [1.54, 1.807) is 13.2 Å². The Bertz CT molecular complexity index is 58.0. The Labute approximate surface area is 43.8 Å². The largest absolute Gasteiger partial charge is 0.321 e. The summed E-state index contributed by atoms with van der Waals surface area (Å²) in [6.45, 7) is 0. The van der Waals surface area contributed by atoms with Crippen LogP contribution in [0.5, 0.6) is 0 Å². The predicted octanol–water partition coefficient (Wildman–Crippen LogP) is -1.54. The van der Waals surface area contributed by atoms with Crippen molar-refractivity contribution < 1.29 is 5.32 Å². The number of hydrogen-bond donors (Lipinski definition) is 2. The highest BCUT2D eigenvalue weighted by molar-refractivity contribution is 4.63. The van der Waals surface area contributed by atoms with Crippen molar-refractivity contribution in [1.29, 1.82) is 0 Å². The third-order valence-electron chi connectivity index (χ3n) is 0.514. The van der Waals surface area contributed by atoms with E-state index in [0.29, 0.717) is 0 Å². The summed E-state index contributed by atoms with van der Waals surface area (Å²) in [6, 6.07) is 0. The van der Waals surface area contributed by atoms with Gasteiger partial charge in [-0.2, -0.15) is 0 Å². The van der Waals surface area contributed by atoms with Gasteiger partial charge < -0.3 is 10.3 Å². The van der Waals surface area contributed by atoms with Gasteiger partial charge in [0.05, 0.1) is 13.2 Å². The van der Waals surface area contributed by atoms with Gasteiger partial charge in [-0.25, -0.2) is 5.84 Å². The molecular weight excluding hydrogens is 90.1 g/mol. The normalized spacial score (nSPS) is 10.1. The molecule has 3 heteroatoms. The third-order valence-corrected chi connectivity index (χ3v) is 0.514. The highest BCUT2D eigenvalue weighted by Crippen LogP contribution is 1.61. The summed E-state index contributed by atoms with van der Waals surface area (Å²) in [5, 5.41) is 3.42. The van der Waals surface area contributed by atoms with Gasteiger partial charge in [-0.1, -0.05) is 0 Å². The monoisotopic (exact) mass is 102 g/mol. The van der Waals surface area contributed by atoms with Gasteiger partial charge in [-0.15, -0.1) is 0 Å². The van der Waals surface area contributed by atoms with E-state index in [4.69, 9.17) is 5.84 Å². The minimum absolute atomic E-state index is 1.50. The van der Waals surface area contributed by atoms with E-state index in [-0.39, 0.29) is 0 Å². The van der Waals surface area contributed by atoms with Crippen LogP contribution in [0.4, 0.5) is 0 Å². The maximum atomic E-state index is 5.20. The molecule has 42 valence electrons. The van der Waals surface area contributed by atoms with Crippen LogP contribution in [0, 0.1) is 0 Å². The molecule has 0 radical (unpaired) electrons. The van der Waals surface area contributed by atoms with Crippen LogP contribution in [-0.2, 0) is 0 Å². The maximum absolute atomic E-state index is 5.20. The van der Waals surface area contributed by atoms with Gasteiger partial charge in [0.2, 0.25) is 0 Å². The van der Waals surface area contributed by atoms with Crippen molar-refractivity contribution in [2.45, 2.75) is 0 Å². The lowest BCUT2D eigenvalue weighted by Crippen LogP contribution is -2.72. The first-order valence-corrected chi connectivity index (χ1v) is 2.21. The Hall–Kier alpha value is -0.540. The summed E-state index contributed by atoms with van der Waals surface area (Å²) in [7, 11) is 3.72. The standard InChI is InChI=1S/C4H11N3/c1-6-3-4-7(2)5/h3-4,6H,5H2,1-2H3/p+1/b4-3-. The molecule has 0 saturated heterocycles. The van der Waals surface area contributed by atoms with E-state index in [0.717, 1.165) is 0 Å². The summed E-state index contributed by atoms with van der Waals surface area (Å²) in [6.07, 6.45) is 3.65. The highest BCUT2D eigenvalue weighted by atomic mass is 15.4. The fourth-order valence-electron chi connectivity index (χ4n) is 0.222. The minimum atomic E-state index is 1.50. The zero-order chi connectivity index (χ0) is 5.70. The quantitative estimate of drug-likeness (QED) is 0.328. The topological polar surface area (TPSA) is 45.9 Å². The highest BCUT2D eigenvalue weighted by Gasteiger charge is 1.71. The number of quaternary nitrogens is 1. The van der Waals surface area contributed by atoms with Gasteiger partial charge in [0.1, 0.15) is 6.20 Å². The van der Waals surface area contributed by atoms with Gasteiger partial charge in [0.15, 0.2) is 0 Å². The Morgan fingerprint density at radius 3 is 2.43 bits per heavy atom. The molecule has 0 unspecified atom stereocenters. The summed E-state index contributed by atoms with van der Waals surface area (Å²) in [5.74, 6) is 5.20. The molecular formula is C4H12N3+. The number of hydrogen-bond acceptors (Lipinski definition) is 2. The molecule has 0 amide bonds. The molecule has 4 N–H and O–H groups in total. The first-order chi connectivity index (χ1) is 3.27. The van der Waals surface area contributed by atoms with E-state index in [1.165, 1.54) is 5.01 Å². The predicted molar refractivity (Wildman–Crippen MR) is 28.9 cm³/mol. The second-order valence-electron chi connectivity index (χ2n) is 1.34. The van der Waals surface area contributed by atoms with Gasteiger partial charge in [0.25, 0.3) is 0 Å². The minimum Gasteiger partial charge on any atom is -0.321 e. The molecule has 0 aliphatic rings. The molecule has 0 aliphatic heterocycles. The average molecular weight is 102 g/mol. The van der Waals surface area contributed by atoms with E-state index >= 15 is 0 Å². The molecule has 0 aromatic heterocycles. The van der Waals surface area contributed by atoms with Crippen LogP contribution in [0.3, 0.4) is 0 Å². The van der Waals surface area contributed by atoms with Gasteiger partial charge in [0, 0.05) is 7.05 Å². The molecule has 0 saturated carbocycles. The SMILES string of the molecule is C[NH2+]/C=C\N(C)N. The second-order valence-corrected chi connectivity index (χ2v) is 1.34. The van der Waals surface area contributed by atoms with Crippen LogP contribution in [-0.4, -0.2) is 19.1 Å². The van der Waals surface area contributed by atoms with Crippen molar-refractivity contribution in [2.75, 3.05) is 14.1 Å². The molecule has 0 spiro atoms. The van der Waals surface area contributed by atoms with Crippen molar-refractivity contribution in [1.82, 2.24) is 5.01 Å². The molecule has 7 heavy (non-hydrogen) atoms. The van der Waals surface area contributed by atoms with Crippen LogP contribution in [0.25, 0.3) is 0 Å². The first-order valence-electron chi connectivity index (χ1n) is 2.21. The third kappa shape index (κ3) is 5.46. The molecule has 0 atom stereocenters. The Kier molecular flexibility index (Phi) is 3.36. The van der Waals surface area contributed by atoms with E-state index in [2.05, 4.69) is 0 Å². The van der Waals surface area contributed by atoms with Crippen LogP contribution < -0.4 is 11.2 Å². The molecule has 0 rings (SSSR count). The molecule has 0 aliphatic carbocycles. The zero-order valence-corrected chi connectivity index (χ0v) is 4.76. The molecule has 0 aromatic rings. The van der Waals surface area contributed by atoms with Crippen molar-refractivity contribution in [3.8, 4) is 0 Å². The van der Waals surface area contributed by atoms with Crippen molar-refractivity contribution >= 4 is 0 Å². The van der Waals surface area contributed by atoms with Crippen LogP contribution in [0.1, 0.15) is 0 Å². The number of rotatable bonds is 2. The average Bonchev–Trinajstić information content (AvgIpc) is 1.61. The van der Waals surface area contributed by atoms with Crippen LogP contribution in [0.2, 0.25) is 0 Å². The van der Waals surface area contributed by atoms with E-state index in [9.17, 15) is 0 Å². The zero-order valence-electron chi connectivity index (χ0n) is 4.76. The second kappa shape index (κ2) is 3.64. The Morgan fingerprint density at radius 2 is 2.29 bits per heavy atom. The Morgan fingerprint density at radius 1 is 1.71 bits per heavy atom. The first kappa shape index (κ1) is 6.46. The van der Waals surface area contributed by atoms with Crippen molar-refractivity contribution in [3.05, 3.63) is 12.4 Å².